The first-order chi connectivity index (χ1) is 10.1. The number of aromatic nitrogens is 3. The van der Waals surface area contributed by atoms with Crippen molar-refractivity contribution in [3.8, 4) is 0 Å². The zero-order valence-corrected chi connectivity index (χ0v) is 13.0. The van der Waals surface area contributed by atoms with Crippen molar-refractivity contribution in [3.63, 3.8) is 0 Å². The van der Waals surface area contributed by atoms with Crippen molar-refractivity contribution in [2.45, 2.75) is 33.2 Å². The van der Waals surface area contributed by atoms with E-state index in [1.165, 1.54) is 11.0 Å². The monoisotopic (exact) mass is 294 g/mol. The van der Waals surface area contributed by atoms with Gasteiger partial charge < -0.3 is 15.5 Å². The van der Waals surface area contributed by atoms with Crippen molar-refractivity contribution in [3.05, 3.63) is 6.33 Å². The minimum atomic E-state index is 0.0983. The highest BCUT2D eigenvalue weighted by Crippen LogP contribution is 2.18. The number of amides is 1. The normalized spacial score (nSPS) is 16.6. The highest BCUT2D eigenvalue weighted by Gasteiger charge is 2.24. The predicted molar refractivity (Wildman–Crippen MR) is 81.5 cm³/mol. The summed E-state index contributed by atoms with van der Waals surface area (Å²) in [7, 11) is 0. The lowest BCUT2D eigenvalue weighted by atomic mass is 9.96. The average molecular weight is 294 g/mol. The Labute approximate surface area is 126 Å². The number of likely N-dealkylation sites (tertiary alicyclic amines) is 1. The number of nitrogens with two attached hydrogens (primary N) is 1. The van der Waals surface area contributed by atoms with E-state index in [9.17, 15) is 4.79 Å². The predicted octanol–water partition coefficient (Wildman–Crippen LogP) is 0.441. The van der Waals surface area contributed by atoms with Gasteiger partial charge in [0.1, 0.15) is 12.9 Å². The molecule has 0 aliphatic carbocycles. The lowest BCUT2D eigenvalue weighted by Gasteiger charge is -2.34. The molecular weight excluding hydrogens is 268 g/mol. The molecular formula is C14H26N6O. The van der Waals surface area contributed by atoms with Crippen LogP contribution in [0.1, 0.15) is 26.7 Å². The standard InChI is InChI=1S/C14H26N6O/c1-3-18(4-2)9-12-5-7-19(8-6-12)13(21)10-20-11-16-14(15)17-20/h11-12H,3-10H2,1-2H3,(H2,15,17). The molecule has 2 rings (SSSR count). The van der Waals surface area contributed by atoms with Gasteiger partial charge in [-0.15, -0.1) is 5.10 Å². The fourth-order valence-electron chi connectivity index (χ4n) is 2.84. The van der Waals surface area contributed by atoms with E-state index in [2.05, 4.69) is 28.8 Å². The van der Waals surface area contributed by atoms with Crippen molar-refractivity contribution < 1.29 is 4.79 Å². The van der Waals surface area contributed by atoms with Gasteiger partial charge >= 0.3 is 0 Å². The third-order valence-electron chi connectivity index (χ3n) is 4.23. The van der Waals surface area contributed by atoms with Crippen molar-refractivity contribution in [2.24, 2.45) is 5.92 Å². The number of nitrogens with zero attached hydrogens (tertiary/aromatic N) is 5. The summed E-state index contributed by atoms with van der Waals surface area (Å²) in [6, 6.07) is 0. The van der Waals surface area contributed by atoms with E-state index in [0.717, 1.165) is 45.6 Å². The van der Waals surface area contributed by atoms with Gasteiger partial charge in [0.2, 0.25) is 11.9 Å². The van der Waals surface area contributed by atoms with Gasteiger partial charge in [0.05, 0.1) is 0 Å². The van der Waals surface area contributed by atoms with Crippen molar-refractivity contribution in [1.82, 2.24) is 24.6 Å². The quantitative estimate of drug-likeness (QED) is 0.823. The topological polar surface area (TPSA) is 80.3 Å². The Morgan fingerprint density at radius 1 is 1.38 bits per heavy atom. The Morgan fingerprint density at radius 3 is 2.57 bits per heavy atom. The molecule has 0 bridgehead atoms. The van der Waals surface area contributed by atoms with Gasteiger partial charge in [-0.25, -0.2) is 9.67 Å². The molecule has 1 saturated heterocycles. The van der Waals surface area contributed by atoms with E-state index < -0.39 is 0 Å². The van der Waals surface area contributed by atoms with Gasteiger partial charge in [0.25, 0.3) is 0 Å². The summed E-state index contributed by atoms with van der Waals surface area (Å²) in [5.74, 6) is 1.01. The third kappa shape index (κ3) is 4.42. The van der Waals surface area contributed by atoms with Crippen LogP contribution in [-0.2, 0) is 11.3 Å². The SMILES string of the molecule is CCN(CC)CC1CCN(C(=O)Cn2cnc(N)n2)CC1. The molecule has 1 aromatic heterocycles. The van der Waals surface area contributed by atoms with Crippen LogP contribution in [0.4, 0.5) is 5.95 Å². The van der Waals surface area contributed by atoms with Crippen LogP contribution in [0.3, 0.4) is 0 Å². The smallest absolute Gasteiger partial charge is 0.244 e. The first-order valence-corrected chi connectivity index (χ1v) is 7.77. The van der Waals surface area contributed by atoms with E-state index in [0.29, 0.717) is 5.92 Å². The molecule has 0 aromatic carbocycles. The van der Waals surface area contributed by atoms with E-state index in [1.54, 1.807) is 0 Å². The summed E-state index contributed by atoms with van der Waals surface area (Å²) in [4.78, 5) is 20.4. The van der Waals surface area contributed by atoms with Gasteiger partial charge in [0, 0.05) is 19.6 Å². The molecule has 1 fully saturated rings. The Hall–Kier alpha value is -1.63. The average Bonchev–Trinajstić information content (AvgIpc) is 2.90. The fraction of sp³-hybridized carbons (Fsp3) is 0.786. The first-order valence-electron chi connectivity index (χ1n) is 7.77. The number of nitrogen functional groups attached to an aromatic ring is 1. The molecule has 7 nitrogen and oxygen atoms in total. The maximum atomic E-state index is 12.2. The molecule has 0 radical (unpaired) electrons. The minimum Gasteiger partial charge on any atom is -0.367 e. The number of anilines is 1. The lowest BCUT2D eigenvalue weighted by molar-refractivity contribution is -0.133. The van der Waals surface area contributed by atoms with Crippen LogP contribution in [0, 0.1) is 5.92 Å². The molecule has 21 heavy (non-hydrogen) atoms. The maximum Gasteiger partial charge on any atom is 0.244 e. The Morgan fingerprint density at radius 2 is 2.05 bits per heavy atom. The van der Waals surface area contributed by atoms with Gasteiger partial charge in [-0.3, -0.25) is 4.79 Å². The molecule has 118 valence electrons. The third-order valence-corrected chi connectivity index (χ3v) is 4.23. The summed E-state index contributed by atoms with van der Waals surface area (Å²) in [6.45, 7) is 9.66. The van der Waals surface area contributed by atoms with Crippen LogP contribution < -0.4 is 5.73 Å². The lowest BCUT2D eigenvalue weighted by Crippen LogP contribution is -2.42. The van der Waals surface area contributed by atoms with Crippen LogP contribution in [0.25, 0.3) is 0 Å². The summed E-state index contributed by atoms with van der Waals surface area (Å²) in [5.41, 5.74) is 5.45. The van der Waals surface area contributed by atoms with Gasteiger partial charge in [-0.05, 0) is 31.8 Å². The van der Waals surface area contributed by atoms with Gasteiger partial charge in [-0.1, -0.05) is 13.8 Å². The zero-order chi connectivity index (χ0) is 15.2. The molecule has 2 heterocycles. The number of hydrogen-bond donors (Lipinski definition) is 1. The van der Waals surface area contributed by atoms with E-state index >= 15 is 0 Å². The highest BCUT2D eigenvalue weighted by molar-refractivity contribution is 5.76. The highest BCUT2D eigenvalue weighted by atomic mass is 16.2. The Kier molecular flexibility index (Phi) is 5.55. The molecule has 0 saturated carbocycles. The second-order valence-corrected chi connectivity index (χ2v) is 5.61. The molecule has 1 aliphatic rings. The van der Waals surface area contributed by atoms with Gasteiger partial charge in [-0.2, -0.15) is 0 Å². The van der Waals surface area contributed by atoms with E-state index in [4.69, 9.17) is 5.73 Å². The number of carbonyl (C=O) groups excluding carboxylic acids is 1. The second kappa shape index (κ2) is 7.40. The van der Waals surface area contributed by atoms with Crippen LogP contribution in [-0.4, -0.2) is 63.2 Å². The van der Waals surface area contributed by atoms with Crippen LogP contribution in [0.2, 0.25) is 0 Å². The molecule has 2 N–H and O–H groups in total. The van der Waals surface area contributed by atoms with Crippen LogP contribution in [0.5, 0.6) is 0 Å². The molecule has 1 amide bonds. The Balaban J connectivity index is 1.76. The van der Waals surface area contributed by atoms with Crippen molar-refractivity contribution in [1.29, 1.82) is 0 Å². The largest absolute Gasteiger partial charge is 0.367 e. The van der Waals surface area contributed by atoms with Crippen LogP contribution in [0.15, 0.2) is 6.33 Å². The Bertz CT molecular complexity index is 448. The molecule has 1 aromatic rings. The molecule has 0 spiro atoms. The molecule has 1 aliphatic heterocycles. The summed E-state index contributed by atoms with van der Waals surface area (Å²) < 4.78 is 1.50. The second-order valence-electron chi connectivity index (χ2n) is 5.61. The summed E-state index contributed by atoms with van der Waals surface area (Å²) in [5, 5.41) is 3.95. The number of hydrogen-bond acceptors (Lipinski definition) is 5. The first kappa shape index (κ1) is 15.8. The minimum absolute atomic E-state index is 0.0983. The maximum absolute atomic E-state index is 12.2. The van der Waals surface area contributed by atoms with E-state index in [-0.39, 0.29) is 18.4 Å². The molecule has 7 heteroatoms. The van der Waals surface area contributed by atoms with E-state index in [1.807, 2.05) is 4.90 Å². The number of carbonyl (C=O) groups is 1. The van der Waals surface area contributed by atoms with Gasteiger partial charge in [0.15, 0.2) is 0 Å². The van der Waals surface area contributed by atoms with Crippen molar-refractivity contribution >= 4 is 11.9 Å². The summed E-state index contributed by atoms with van der Waals surface area (Å²) >= 11 is 0. The summed E-state index contributed by atoms with van der Waals surface area (Å²) in [6.07, 6.45) is 3.67. The van der Waals surface area contributed by atoms with Crippen LogP contribution >= 0.6 is 0 Å². The molecule has 0 atom stereocenters. The molecule has 0 unspecified atom stereocenters. The van der Waals surface area contributed by atoms with Crippen molar-refractivity contribution in [2.75, 3.05) is 38.5 Å². The zero-order valence-electron chi connectivity index (χ0n) is 13.0. The number of rotatable bonds is 6. The fourth-order valence-corrected chi connectivity index (χ4v) is 2.84. The number of piperidine rings is 1.